The lowest BCUT2D eigenvalue weighted by atomic mass is 9.84. The molecule has 100 valence electrons. The van der Waals surface area contributed by atoms with Gasteiger partial charge in [-0.05, 0) is 36.9 Å². The molecule has 0 unspecified atom stereocenters. The molecule has 2 heteroatoms. The first-order valence-corrected chi connectivity index (χ1v) is 7.21. The fourth-order valence-electron chi connectivity index (χ4n) is 2.69. The predicted molar refractivity (Wildman–Crippen MR) is 75.9 cm³/mol. The number of benzene rings is 1. The van der Waals surface area contributed by atoms with Crippen LogP contribution >= 0.6 is 0 Å². The van der Waals surface area contributed by atoms with Gasteiger partial charge in [-0.2, -0.15) is 0 Å². The second kappa shape index (κ2) is 7.55. The summed E-state index contributed by atoms with van der Waals surface area (Å²) in [5, 5.41) is 3.08. The average molecular weight is 247 g/mol. The second-order valence-electron chi connectivity index (χ2n) is 5.23. The molecule has 18 heavy (non-hydrogen) atoms. The number of ether oxygens (including phenoxy) is 1. The Morgan fingerprint density at radius 1 is 1.11 bits per heavy atom. The third kappa shape index (κ3) is 4.11. The maximum absolute atomic E-state index is 5.58. The van der Waals surface area contributed by atoms with Gasteiger partial charge in [0.2, 0.25) is 0 Å². The van der Waals surface area contributed by atoms with Gasteiger partial charge in [0.05, 0.1) is 13.2 Å². The number of likely N-dealkylation sites (N-methyl/N-ethyl adjacent to an activating group) is 1. The molecular formula is C16H25NO. The lowest BCUT2D eigenvalue weighted by Gasteiger charge is -2.22. The summed E-state index contributed by atoms with van der Waals surface area (Å²) in [6.45, 7) is 2.42. The number of rotatable bonds is 6. The summed E-state index contributed by atoms with van der Waals surface area (Å²) < 4.78 is 5.58. The third-order valence-corrected chi connectivity index (χ3v) is 3.82. The number of nitrogens with one attached hydrogen (secondary N) is 1. The normalized spacial score (nSPS) is 16.9. The minimum absolute atomic E-state index is 0.729. The minimum Gasteiger partial charge on any atom is -0.375 e. The first-order valence-electron chi connectivity index (χ1n) is 7.21. The van der Waals surface area contributed by atoms with Gasteiger partial charge in [0.15, 0.2) is 0 Å². The van der Waals surface area contributed by atoms with Gasteiger partial charge in [-0.25, -0.2) is 0 Å². The summed E-state index contributed by atoms with van der Waals surface area (Å²) in [6.07, 6.45) is 6.98. The Morgan fingerprint density at radius 2 is 1.83 bits per heavy atom. The van der Waals surface area contributed by atoms with Crippen molar-refractivity contribution in [1.82, 2.24) is 5.32 Å². The van der Waals surface area contributed by atoms with Gasteiger partial charge in [-0.3, -0.25) is 0 Å². The van der Waals surface area contributed by atoms with Gasteiger partial charge in [0.25, 0.3) is 0 Å². The van der Waals surface area contributed by atoms with Crippen molar-refractivity contribution in [2.75, 3.05) is 20.2 Å². The molecule has 1 aliphatic rings. The molecule has 1 aromatic carbocycles. The Bertz CT molecular complexity index is 327. The molecule has 0 aromatic heterocycles. The van der Waals surface area contributed by atoms with Crippen LogP contribution in [0.1, 0.15) is 49.1 Å². The van der Waals surface area contributed by atoms with Gasteiger partial charge >= 0.3 is 0 Å². The highest BCUT2D eigenvalue weighted by Crippen LogP contribution is 2.32. The fourth-order valence-corrected chi connectivity index (χ4v) is 2.69. The highest BCUT2D eigenvalue weighted by molar-refractivity contribution is 5.25. The van der Waals surface area contributed by atoms with E-state index in [9.17, 15) is 0 Å². The Kier molecular flexibility index (Phi) is 5.69. The maximum atomic E-state index is 5.58. The van der Waals surface area contributed by atoms with Crippen molar-refractivity contribution in [1.29, 1.82) is 0 Å². The third-order valence-electron chi connectivity index (χ3n) is 3.82. The molecular weight excluding hydrogens is 222 g/mol. The van der Waals surface area contributed by atoms with E-state index in [2.05, 4.69) is 29.6 Å². The van der Waals surface area contributed by atoms with E-state index < -0.39 is 0 Å². The lowest BCUT2D eigenvalue weighted by molar-refractivity contribution is 0.124. The molecule has 0 aliphatic heterocycles. The quantitative estimate of drug-likeness (QED) is 0.777. The summed E-state index contributed by atoms with van der Waals surface area (Å²) in [4.78, 5) is 0. The van der Waals surface area contributed by atoms with Crippen LogP contribution in [0.5, 0.6) is 0 Å². The van der Waals surface area contributed by atoms with Gasteiger partial charge in [-0.1, -0.05) is 43.5 Å². The van der Waals surface area contributed by atoms with Crippen molar-refractivity contribution >= 4 is 0 Å². The van der Waals surface area contributed by atoms with Crippen molar-refractivity contribution in [2.24, 2.45) is 0 Å². The van der Waals surface area contributed by atoms with Crippen molar-refractivity contribution in [2.45, 2.75) is 44.6 Å². The second-order valence-corrected chi connectivity index (χ2v) is 5.23. The molecule has 1 fully saturated rings. The Morgan fingerprint density at radius 3 is 2.50 bits per heavy atom. The number of hydrogen-bond donors (Lipinski definition) is 1. The summed E-state index contributed by atoms with van der Waals surface area (Å²) in [6, 6.07) is 9.05. The minimum atomic E-state index is 0.729. The summed E-state index contributed by atoms with van der Waals surface area (Å²) in [5.74, 6) is 0.804. The molecule has 0 radical (unpaired) electrons. The van der Waals surface area contributed by atoms with Crippen LogP contribution in [-0.4, -0.2) is 20.2 Å². The first kappa shape index (κ1) is 13.6. The van der Waals surface area contributed by atoms with Crippen LogP contribution in [-0.2, 0) is 11.3 Å². The molecule has 2 nitrogen and oxygen atoms in total. The molecule has 1 saturated carbocycles. The van der Waals surface area contributed by atoms with E-state index >= 15 is 0 Å². The smallest absolute Gasteiger partial charge is 0.0717 e. The topological polar surface area (TPSA) is 21.3 Å². The molecule has 0 amide bonds. The van der Waals surface area contributed by atoms with Crippen LogP contribution < -0.4 is 5.32 Å². The van der Waals surface area contributed by atoms with Crippen LogP contribution in [0.2, 0.25) is 0 Å². The molecule has 0 saturated heterocycles. The van der Waals surface area contributed by atoms with Gasteiger partial charge in [-0.15, -0.1) is 0 Å². The maximum Gasteiger partial charge on any atom is 0.0717 e. The van der Waals surface area contributed by atoms with Gasteiger partial charge in [0.1, 0.15) is 0 Å². The van der Waals surface area contributed by atoms with E-state index in [1.165, 1.54) is 43.2 Å². The Hall–Kier alpha value is -0.860. The zero-order valence-electron chi connectivity index (χ0n) is 11.5. The van der Waals surface area contributed by atoms with E-state index in [-0.39, 0.29) is 0 Å². The molecule has 1 N–H and O–H groups in total. The lowest BCUT2D eigenvalue weighted by Crippen LogP contribution is -2.14. The number of hydrogen-bond acceptors (Lipinski definition) is 2. The van der Waals surface area contributed by atoms with E-state index in [4.69, 9.17) is 4.74 Å². The Labute approximate surface area is 111 Å². The van der Waals surface area contributed by atoms with Crippen LogP contribution in [0, 0.1) is 0 Å². The zero-order chi connectivity index (χ0) is 12.6. The molecule has 1 aromatic rings. The van der Waals surface area contributed by atoms with Crippen molar-refractivity contribution < 1.29 is 4.74 Å². The SMILES string of the molecule is CNCCOCc1ccc(C2CCCCC2)cc1. The Balaban J connectivity index is 1.81. The van der Waals surface area contributed by atoms with E-state index in [0.29, 0.717) is 0 Å². The average Bonchev–Trinajstić information content (AvgIpc) is 2.45. The molecule has 0 spiro atoms. The molecule has 2 rings (SSSR count). The highest BCUT2D eigenvalue weighted by atomic mass is 16.5. The summed E-state index contributed by atoms with van der Waals surface area (Å²) in [5.41, 5.74) is 2.80. The predicted octanol–water partition coefficient (Wildman–Crippen LogP) is 3.47. The first-order chi connectivity index (χ1) is 8.90. The summed E-state index contributed by atoms with van der Waals surface area (Å²) >= 11 is 0. The van der Waals surface area contributed by atoms with Crippen LogP contribution in [0.15, 0.2) is 24.3 Å². The van der Waals surface area contributed by atoms with E-state index in [0.717, 1.165) is 25.7 Å². The van der Waals surface area contributed by atoms with E-state index in [1.54, 1.807) is 0 Å². The van der Waals surface area contributed by atoms with Crippen LogP contribution in [0.25, 0.3) is 0 Å². The van der Waals surface area contributed by atoms with Crippen molar-refractivity contribution in [3.63, 3.8) is 0 Å². The molecule has 1 aliphatic carbocycles. The van der Waals surface area contributed by atoms with Crippen LogP contribution in [0.3, 0.4) is 0 Å². The standard InChI is InChI=1S/C16H25NO/c1-17-11-12-18-13-14-7-9-16(10-8-14)15-5-3-2-4-6-15/h7-10,15,17H,2-6,11-13H2,1H3. The highest BCUT2D eigenvalue weighted by Gasteiger charge is 2.14. The van der Waals surface area contributed by atoms with Crippen molar-refractivity contribution in [3.05, 3.63) is 35.4 Å². The summed E-state index contributed by atoms with van der Waals surface area (Å²) in [7, 11) is 1.95. The molecule has 0 atom stereocenters. The largest absolute Gasteiger partial charge is 0.375 e. The van der Waals surface area contributed by atoms with Crippen LogP contribution in [0.4, 0.5) is 0 Å². The fraction of sp³-hybridized carbons (Fsp3) is 0.625. The zero-order valence-corrected chi connectivity index (χ0v) is 11.5. The van der Waals surface area contributed by atoms with Gasteiger partial charge < -0.3 is 10.1 Å². The van der Waals surface area contributed by atoms with E-state index in [1.807, 2.05) is 7.05 Å². The molecule has 0 heterocycles. The molecule has 0 bridgehead atoms. The van der Waals surface area contributed by atoms with Gasteiger partial charge in [0, 0.05) is 6.54 Å². The monoisotopic (exact) mass is 247 g/mol. The van der Waals surface area contributed by atoms with Crippen molar-refractivity contribution in [3.8, 4) is 0 Å².